The topological polar surface area (TPSA) is 87.7 Å². The van der Waals surface area contributed by atoms with Gasteiger partial charge in [-0.15, -0.1) is 0 Å². The molecule has 2 aromatic rings. The highest BCUT2D eigenvalue weighted by Gasteiger charge is 2.20. The molecule has 0 aliphatic rings. The van der Waals surface area contributed by atoms with E-state index in [1.165, 1.54) is 31.9 Å². The Morgan fingerprint density at radius 3 is 2.08 bits per heavy atom. The van der Waals surface area contributed by atoms with Crippen molar-refractivity contribution in [3.8, 4) is 0 Å². The van der Waals surface area contributed by atoms with Gasteiger partial charge in [-0.25, -0.2) is 0 Å². The monoisotopic (exact) mass is 341 g/mol. The standard InChI is InChI=1S/C18H19N3O4/c1-12(23)20(13(2)24)8-9-21(14(3)25)18-10-19-17(11-22)15-6-4-5-7-16(15)18/h4-7,10-11H,8-9H2,1-3H3. The summed E-state index contributed by atoms with van der Waals surface area (Å²) in [6, 6.07) is 7.14. The van der Waals surface area contributed by atoms with Crippen LogP contribution in [-0.2, 0) is 14.4 Å². The molecule has 0 saturated heterocycles. The number of anilines is 1. The molecule has 0 radical (unpaired) electrons. The van der Waals surface area contributed by atoms with Crippen LogP contribution < -0.4 is 4.90 Å². The zero-order valence-corrected chi connectivity index (χ0v) is 14.4. The van der Waals surface area contributed by atoms with E-state index >= 15 is 0 Å². The van der Waals surface area contributed by atoms with E-state index in [1.807, 2.05) is 0 Å². The van der Waals surface area contributed by atoms with Crippen molar-refractivity contribution in [3.63, 3.8) is 0 Å². The fraction of sp³-hybridized carbons (Fsp3) is 0.278. The zero-order valence-electron chi connectivity index (χ0n) is 14.4. The van der Waals surface area contributed by atoms with Gasteiger partial charge in [-0.2, -0.15) is 0 Å². The lowest BCUT2D eigenvalue weighted by Crippen LogP contribution is -2.42. The molecular formula is C18H19N3O4. The molecule has 0 atom stereocenters. The predicted molar refractivity (Wildman–Crippen MR) is 93.2 cm³/mol. The second kappa shape index (κ2) is 7.65. The molecule has 0 aliphatic heterocycles. The Kier molecular flexibility index (Phi) is 5.59. The van der Waals surface area contributed by atoms with Gasteiger partial charge in [-0.3, -0.25) is 29.1 Å². The zero-order chi connectivity index (χ0) is 18.6. The molecule has 0 N–H and O–H groups in total. The smallest absolute Gasteiger partial charge is 0.226 e. The van der Waals surface area contributed by atoms with Crippen molar-refractivity contribution in [1.29, 1.82) is 0 Å². The van der Waals surface area contributed by atoms with Crippen LogP contribution in [0.1, 0.15) is 31.3 Å². The average Bonchev–Trinajstić information content (AvgIpc) is 2.57. The van der Waals surface area contributed by atoms with Crippen LogP contribution in [0, 0.1) is 0 Å². The van der Waals surface area contributed by atoms with Crippen LogP contribution in [0.25, 0.3) is 10.8 Å². The minimum Gasteiger partial charge on any atom is -0.309 e. The third-order valence-corrected chi connectivity index (χ3v) is 3.89. The normalized spacial score (nSPS) is 10.4. The minimum absolute atomic E-state index is 0.0774. The van der Waals surface area contributed by atoms with Crippen molar-refractivity contribution in [3.05, 3.63) is 36.2 Å². The molecule has 2 rings (SSSR count). The Hall–Kier alpha value is -3.09. The molecular weight excluding hydrogens is 322 g/mol. The fourth-order valence-corrected chi connectivity index (χ4v) is 2.69. The van der Waals surface area contributed by atoms with Gasteiger partial charge in [0, 0.05) is 44.6 Å². The molecule has 7 heteroatoms. The predicted octanol–water partition coefficient (Wildman–Crippen LogP) is 1.80. The third kappa shape index (κ3) is 3.88. The SMILES string of the molecule is CC(=O)N(CCN(C(C)=O)c1cnc(C=O)c2ccccc12)C(C)=O. The first-order chi connectivity index (χ1) is 11.9. The van der Waals surface area contributed by atoms with E-state index < -0.39 is 0 Å². The van der Waals surface area contributed by atoms with Gasteiger partial charge in [-0.1, -0.05) is 24.3 Å². The molecule has 0 unspecified atom stereocenters. The molecule has 0 bridgehead atoms. The lowest BCUT2D eigenvalue weighted by Gasteiger charge is -2.26. The maximum absolute atomic E-state index is 12.1. The van der Waals surface area contributed by atoms with Crippen LogP contribution in [0.5, 0.6) is 0 Å². The van der Waals surface area contributed by atoms with Crippen LogP contribution in [0.3, 0.4) is 0 Å². The Morgan fingerprint density at radius 1 is 0.960 bits per heavy atom. The number of hydrogen-bond donors (Lipinski definition) is 0. The van der Waals surface area contributed by atoms with Gasteiger partial charge in [0.1, 0.15) is 5.69 Å². The van der Waals surface area contributed by atoms with Gasteiger partial charge in [0.25, 0.3) is 0 Å². The van der Waals surface area contributed by atoms with Crippen LogP contribution in [0.2, 0.25) is 0 Å². The second-order valence-corrected chi connectivity index (χ2v) is 5.55. The average molecular weight is 341 g/mol. The van der Waals surface area contributed by atoms with E-state index in [1.54, 1.807) is 24.3 Å². The maximum atomic E-state index is 12.1. The Bertz CT molecular complexity index is 833. The van der Waals surface area contributed by atoms with Crippen LogP contribution >= 0.6 is 0 Å². The van der Waals surface area contributed by atoms with E-state index in [-0.39, 0.29) is 36.5 Å². The number of carbonyl (C=O) groups excluding carboxylic acids is 4. The summed E-state index contributed by atoms with van der Waals surface area (Å²) in [6.07, 6.45) is 2.12. The Morgan fingerprint density at radius 2 is 1.56 bits per heavy atom. The van der Waals surface area contributed by atoms with Crippen molar-refractivity contribution in [2.45, 2.75) is 20.8 Å². The van der Waals surface area contributed by atoms with Gasteiger partial charge in [0.05, 0.1) is 11.9 Å². The van der Waals surface area contributed by atoms with E-state index in [4.69, 9.17) is 0 Å². The molecule has 0 saturated carbocycles. The Labute approximate surface area is 145 Å². The maximum Gasteiger partial charge on any atom is 0.226 e. The number of hydrogen-bond acceptors (Lipinski definition) is 5. The van der Waals surface area contributed by atoms with E-state index in [0.29, 0.717) is 22.7 Å². The number of pyridine rings is 1. The second-order valence-electron chi connectivity index (χ2n) is 5.55. The minimum atomic E-state index is -0.379. The number of imide groups is 1. The largest absolute Gasteiger partial charge is 0.309 e. The number of aldehydes is 1. The lowest BCUT2D eigenvalue weighted by atomic mass is 10.1. The molecule has 25 heavy (non-hydrogen) atoms. The number of fused-ring (bicyclic) bond motifs is 1. The third-order valence-electron chi connectivity index (χ3n) is 3.89. The highest BCUT2D eigenvalue weighted by atomic mass is 16.2. The van der Waals surface area contributed by atoms with Gasteiger partial charge in [0.2, 0.25) is 17.7 Å². The first kappa shape index (κ1) is 18.3. The summed E-state index contributed by atoms with van der Waals surface area (Å²) in [7, 11) is 0. The van der Waals surface area contributed by atoms with Crippen LogP contribution in [0.4, 0.5) is 5.69 Å². The number of benzene rings is 1. The lowest BCUT2D eigenvalue weighted by molar-refractivity contribution is -0.142. The van der Waals surface area contributed by atoms with Gasteiger partial charge >= 0.3 is 0 Å². The van der Waals surface area contributed by atoms with Crippen molar-refractivity contribution < 1.29 is 19.2 Å². The summed E-state index contributed by atoms with van der Waals surface area (Å²) in [6.45, 7) is 4.22. The van der Waals surface area contributed by atoms with Gasteiger partial charge in [-0.05, 0) is 0 Å². The van der Waals surface area contributed by atoms with Gasteiger partial charge in [0.15, 0.2) is 6.29 Å². The quantitative estimate of drug-likeness (QED) is 0.774. The number of rotatable bonds is 5. The molecule has 0 aliphatic carbocycles. The van der Waals surface area contributed by atoms with Crippen molar-refractivity contribution in [2.24, 2.45) is 0 Å². The summed E-state index contributed by atoms with van der Waals surface area (Å²) >= 11 is 0. The highest BCUT2D eigenvalue weighted by Crippen LogP contribution is 2.27. The van der Waals surface area contributed by atoms with Crippen molar-refractivity contribution in [2.75, 3.05) is 18.0 Å². The molecule has 0 spiro atoms. The molecule has 1 aromatic heterocycles. The number of carbonyl (C=O) groups is 4. The molecule has 0 fully saturated rings. The summed E-state index contributed by atoms with van der Waals surface area (Å²) in [5.74, 6) is -1.01. The molecule has 1 aromatic carbocycles. The number of nitrogens with zero attached hydrogens (tertiary/aromatic N) is 3. The molecule has 1 heterocycles. The van der Waals surface area contributed by atoms with E-state index in [0.717, 1.165) is 4.90 Å². The number of amides is 3. The first-order valence-corrected chi connectivity index (χ1v) is 7.76. The van der Waals surface area contributed by atoms with Crippen LogP contribution in [0.15, 0.2) is 30.5 Å². The first-order valence-electron chi connectivity index (χ1n) is 7.76. The van der Waals surface area contributed by atoms with E-state index in [2.05, 4.69) is 4.98 Å². The number of aromatic nitrogens is 1. The summed E-state index contributed by atoms with van der Waals surface area (Å²) in [5.41, 5.74) is 0.817. The molecule has 7 nitrogen and oxygen atoms in total. The Balaban J connectivity index is 2.43. The van der Waals surface area contributed by atoms with Crippen LogP contribution in [-0.4, -0.2) is 47.0 Å². The summed E-state index contributed by atoms with van der Waals surface area (Å²) < 4.78 is 0. The van der Waals surface area contributed by atoms with Crippen molar-refractivity contribution in [1.82, 2.24) is 9.88 Å². The molecule has 130 valence electrons. The van der Waals surface area contributed by atoms with E-state index in [9.17, 15) is 19.2 Å². The summed E-state index contributed by atoms with van der Waals surface area (Å²) in [4.78, 5) is 53.1. The van der Waals surface area contributed by atoms with Crippen molar-refractivity contribution >= 4 is 40.5 Å². The fourth-order valence-electron chi connectivity index (χ4n) is 2.69. The highest BCUT2D eigenvalue weighted by molar-refractivity contribution is 6.06. The summed E-state index contributed by atoms with van der Waals surface area (Å²) in [5, 5.41) is 1.34. The van der Waals surface area contributed by atoms with Gasteiger partial charge < -0.3 is 4.90 Å². The molecule has 3 amide bonds.